The van der Waals surface area contributed by atoms with Gasteiger partial charge in [-0.3, -0.25) is 4.98 Å². The summed E-state index contributed by atoms with van der Waals surface area (Å²) >= 11 is 0. The first kappa shape index (κ1) is 15.7. The standard InChI is InChI=1S/C19H16FN3O2/c20-16-4-2-15(3-5-16)19(9-12-24-13-19)18-22-17(25-23-18)6-1-14-7-10-21-11-8-14/h1-8,10-11H,9,12-13H2/b6-1+. The van der Waals surface area contributed by atoms with Crippen molar-refractivity contribution in [3.8, 4) is 0 Å². The summed E-state index contributed by atoms with van der Waals surface area (Å²) in [4.78, 5) is 8.50. The first-order valence-electron chi connectivity index (χ1n) is 8.02. The van der Waals surface area contributed by atoms with Crippen LogP contribution >= 0.6 is 0 Å². The Kier molecular flexibility index (Phi) is 4.11. The third kappa shape index (κ3) is 3.08. The van der Waals surface area contributed by atoms with E-state index in [0.717, 1.165) is 17.5 Å². The lowest BCUT2D eigenvalue weighted by atomic mass is 9.79. The Morgan fingerprint density at radius 2 is 1.84 bits per heavy atom. The maximum atomic E-state index is 13.3. The van der Waals surface area contributed by atoms with Gasteiger partial charge in [0.1, 0.15) is 5.82 Å². The van der Waals surface area contributed by atoms with Crippen molar-refractivity contribution in [2.45, 2.75) is 11.8 Å². The Morgan fingerprint density at radius 1 is 1.04 bits per heavy atom. The number of ether oxygens (including phenoxy) is 1. The smallest absolute Gasteiger partial charge is 0.250 e. The van der Waals surface area contributed by atoms with Crippen LogP contribution in [0, 0.1) is 5.82 Å². The molecule has 6 heteroatoms. The van der Waals surface area contributed by atoms with Crippen molar-refractivity contribution in [1.29, 1.82) is 0 Å². The van der Waals surface area contributed by atoms with Crippen molar-refractivity contribution in [3.05, 3.63) is 77.5 Å². The molecule has 0 saturated carbocycles. The molecule has 0 bridgehead atoms. The second-order valence-corrected chi connectivity index (χ2v) is 5.96. The van der Waals surface area contributed by atoms with E-state index in [1.807, 2.05) is 18.2 Å². The molecule has 3 aromatic rings. The Morgan fingerprint density at radius 3 is 2.56 bits per heavy atom. The minimum atomic E-state index is -0.500. The van der Waals surface area contributed by atoms with E-state index in [0.29, 0.717) is 24.9 Å². The molecule has 3 heterocycles. The first-order valence-corrected chi connectivity index (χ1v) is 8.02. The lowest BCUT2D eigenvalue weighted by molar-refractivity contribution is 0.182. The summed E-state index contributed by atoms with van der Waals surface area (Å²) in [6.07, 6.45) is 7.82. The highest BCUT2D eigenvalue weighted by atomic mass is 19.1. The van der Waals surface area contributed by atoms with E-state index in [1.54, 1.807) is 30.6 Å². The number of aromatic nitrogens is 3. The van der Waals surface area contributed by atoms with Crippen molar-refractivity contribution >= 4 is 12.2 Å². The highest BCUT2D eigenvalue weighted by Crippen LogP contribution is 2.38. The van der Waals surface area contributed by atoms with Crippen molar-refractivity contribution in [2.75, 3.05) is 13.2 Å². The predicted molar refractivity (Wildman–Crippen MR) is 90.1 cm³/mol. The molecule has 0 radical (unpaired) electrons. The summed E-state index contributed by atoms with van der Waals surface area (Å²) in [6, 6.07) is 10.2. The maximum absolute atomic E-state index is 13.3. The van der Waals surface area contributed by atoms with Crippen LogP contribution in [0.2, 0.25) is 0 Å². The highest BCUT2D eigenvalue weighted by Gasteiger charge is 2.42. The lowest BCUT2D eigenvalue weighted by Gasteiger charge is -2.23. The molecule has 1 saturated heterocycles. The van der Waals surface area contributed by atoms with E-state index < -0.39 is 5.41 Å². The summed E-state index contributed by atoms with van der Waals surface area (Å²) < 4.78 is 24.2. The predicted octanol–water partition coefficient (Wildman–Crippen LogP) is 3.48. The highest BCUT2D eigenvalue weighted by molar-refractivity contribution is 5.65. The van der Waals surface area contributed by atoms with Gasteiger partial charge in [0.15, 0.2) is 5.82 Å². The van der Waals surface area contributed by atoms with Crippen LogP contribution in [0.3, 0.4) is 0 Å². The molecule has 1 fully saturated rings. The first-order chi connectivity index (χ1) is 12.3. The van der Waals surface area contributed by atoms with E-state index >= 15 is 0 Å². The molecule has 0 spiro atoms. The molecular formula is C19H16FN3O2. The largest absolute Gasteiger partial charge is 0.380 e. The SMILES string of the molecule is Fc1ccc(C2(c3noc(/C=C/c4ccncc4)n3)CCOC2)cc1. The topological polar surface area (TPSA) is 61.0 Å². The molecule has 2 aromatic heterocycles. The molecule has 1 aliphatic heterocycles. The molecule has 4 rings (SSSR count). The van der Waals surface area contributed by atoms with Crippen LogP contribution < -0.4 is 0 Å². The van der Waals surface area contributed by atoms with Crippen molar-refractivity contribution in [2.24, 2.45) is 0 Å². The molecule has 1 aromatic carbocycles. The summed E-state index contributed by atoms with van der Waals surface area (Å²) in [7, 11) is 0. The molecular weight excluding hydrogens is 321 g/mol. The molecule has 0 amide bonds. The van der Waals surface area contributed by atoms with Crippen molar-refractivity contribution in [1.82, 2.24) is 15.1 Å². The van der Waals surface area contributed by atoms with E-state index in [9.17, 15) is 4.39 Å². The van der Waals surface area contributed by atoms with E-state index in [1.165, 1.54) is 12.1 Å². The van der Waals surface area contributed by atoms with Crippen LogP contribution in [-0.2, 0) is 10.2 Å². The Balaban J connectivity index is 1.64. The van der Waals surface area contributed by atoms with Gasteiger partial charge in [-0.2, -0.15) is 4.98 Å². The van der Waals surface area contributed by atoms with Crippen molar-refractivity contribution in [3.63, 3.8) is 0 Å². The van der Waals surface area contributed by atoms with Crippen LogP contribution in [0.1, 0.15) is 29.3 Å². The summed E-state index contributed by atoms with van der Waals surface area (Å²) in [6.45, 7) is 1.06. The molecule has 1 atom stereocenters. The Bertz CT molecular complexity index is 869. The molecule has 126 valence electrons. The van der Waals surface area contributed by atoms with Gasteiger partial charge in [0, 0.05) is 25.1 Å². The van der Waals surface area contributed by atoms with Gasteiger partial charge in [0.2, 0.25) is 0 Å². The quantitative estimate of drug-likeness (QED) is 0.729. The van der Waals surface area contributed by atoms with Gasteiger partial charge in [-0.15, -0.1) is 0 Å². The van der Waals surface area contributed by atoms with Gasteiger partial charge >= 0.3 is 0 Å². The van der Waals surface area contributed by atoms with Crippen LogP contribution in [-0.4, -0.2) is 28.3 Å². The van der Waals surface area contributed by atoms with E-state index in [2.05, 4.69) is 15.1 Å². The Hall–Kier alpha value is -2.86. The van der Waals surface area contributed by atoms with Crippen LogP contribution in [0.25, 0.3) is 12.2 Å². The zero-order valence-electron chi connectivity index (χ0n) is 13.4. The molecule has 0 N–H and O–H groups in total. The third-order valence-electron chi connectivity index (χ3n) is 4.41. The molecule has 1 aliphatic rings. The number of halogens is 1. The van der Waals surface area contributed by atoms with E-state index in [-0.39, 0.29) is 5.82 Å². The minimum Gasteiger partial charge on any atom is -0.380 e. The van der Waals surface area contributed by atoms with Crippen molar-refractivity contribution < 1.29 is 13.7 Å². The van der Waals surface area contributed by atoms with Crippen LogP contribution in [0.4, 0.5) is 4.39 Å². The average Bonchev–Trinajstić information content (AvgIpc) is 3.32. The van der Waals surface area contributed by atoms with Gasteiger partial charge < -0.3 is 9.26 Å². The second kappa shape index (κ2) is 6.57. The fourth-order valence-corrected chi connectivity index (χ4v) is 3.01. The van der Waals surface area contributed by atoms with Gasteiger partial charge in [-0.25, -0.2) is 4.39 Å². The fourth-order valence-electron chi connectivity index (χ4n) is 3.01. The second-order valence-electron chi connectivity index (χ2n) is 5.96. The van der Waals surface area contributed by atoms with Gasteiger partial charge in [-0.1, -0.05) is 17.3 Å². The number of hydrogen-bond donors (Lipinski definition) is 0. The summed E-state index contributed by atoms with van der Waals surface area (Å²) in [5, 5.41) is 4.16. The number of rotatable bonds is 4. The number of hydrogen-bond acceptors (Lipinski definition) is 5. The molecule has 0 aliphatic carbocycles. The fraction of sp³-hybridized carbons (Fsp3) is 0.211. The summed E-state index contributed by atoms with van der Waals surface area (Å²) in [5.41, 5.74) is 1.42. The van der Waals surface area contributed by atoms with Gasteiger partial charge in [0.25, 0.3) is 5.89 Å². The molecule has 25 heavy (non-hydrogen) atoms. The average molecular weight is 337 g/mol. The molecule has 5 nitrogen and oxygen atoms in total. The Labute approximate surface area is 144 Å². The zero-order valence-corrected chi connectivity index (χ0v) is 13.4. The normalized spacial score (nSPS) is 20.4. The zero-order chi connectivity index (χ0) is 17.1. The lowest BCUT2D eigenvalue weighted by Crippen LogP contribution is -2.29. The van der Waals surface area contributed by atoms with E-state index in [4.69, 9.17) is 9.26 Å². The summed E-state index contributed by atoms with van der Waals surface area (Å²) in [5.74, 6) is 0.707. The molecule has 1 unspecified atom stereocenters. The number of pyridine rings is 1. The number of nitrogens with zero attached hydrogens (tertiary/aromatic N) is 3. The monoisotopic (exact) mass is 337 g/mol. The van der Waals surface area contributed by atoms with Gasteiger partial charge in [-0.05, 0) is 47.9 Å². The minimum absolute atomic E-state index is 0.271. The van der Waals surface area contributed by atoms with Crippen LogP contribution in [0.15, 0.2) is 53.3 Å². The maximum Gasteiger partial charge on any atom is 0.250 e. The van der Waals surface area contributed by atoms with Crippen LogP contribution in [0.5, 0.6) is 0 Å². The third-order valence-corrected chi connectivity index (χ3v) is 4.41. The van der Waals surface area contributed by atoms with Gasteiger partial charge in [0.05, 0.1) is 12.0 Å². The number of benzene rings is 1.